The Balaban J connectivity index is 0.000000208. The number of nitrogens with one attached hydrogen (secondary N) is 4. The molecule has 0 saturated heterocycles. The number of rotatable bonds is 15. The van der Waals surface area contributed by atoms with Crippen LogP contribution in [0.1, 0.15) is 60.6 Å². The third-order valence-electron chi connectivity index (χ3n) is 8.68. The van der Waals surface area contributed by atoms with Gasteiger partial charge in [-0.3, -0.25) is 9.59 Å². The molecule has 0 spiro atoms. The van der Waals surface area contributed by atoms with Crippen molar-refractivity contribution < 1.29 is 19.5 Å². The van der Waals surface area contributed by atoms with Gasteiger partial charge in [0.15, 0.2) is 0 Å². The number of carboxylic acid groups (broad SMARTS) is 1. The average Bonchev–Trinajstić information content (AvgIpc) is 3.21. The molecule has 54 heavy (non-hydrogen) atoms. The average molecular weight is 719 g/mol. The lowest BCUT2D eigenvalue weighted by atomic mass is 10.1. The van der Waals surface area contributed by atoms with E-state index in [1.807, 2.05) is 79.7 Å². The summed E-state index contributed by atoms with van der Waals surface area (Å²) in [6, 6.07) is 49.7. The van der Waals surface area contributed by atoms with Crippen LogP contribution in [0, 0.1) is 6.92 Å². The van der Waals surface area contributed by atoms with Gasteiger partial charge in [-0.05, 0) is 104 Å². The van der Waals surface area contributed by atoms with Gasteiger partial charge in [0.05, 0.1) is 11.3 Å². The summed E-state index contributed by atoms with van der Waals surface area (Å²) >= 11 is 0. The van der Waals surface area contributed by atoms with Crippen LogP contribution in [0.3, 0.4) is 0 Å². The smallest absolute Gasteiger partial charge is 0.337 e. The number of hydrogen-bond donors (Lipinski definition) is 5. The second kappa shape index (κ2) is 20.4. The number of aromatic carboxylic acids is 1. The molecule has 6 rings (SSSR count). The minimum absolute atomic E-state index is 0.0547. The number of carbonyl (C=O) groups is 3. The van der Waals surface area contributed by atoms with E-state index >= 15 is 0 Å². The molecular weight excluding hydrogens is 673 g/mol. The predicted octanol–water partition coefficient (Wildman–Crippen LogP) is 9.97. The molecule has 8 nitrogen and oxygen atoms in total. The Morgan fingerprint density at radius 1 is 0.500 bits per heavy atom. The molecule has 6 aromatic rings. The number of amides is 2. The number of hydrogen-bond acceptors (Lipinski definition) is 5. The standard InChI is InChI=1S/C23H22N2O3.C23H24N2O/c26-22(18-11-5-2-6-12-18)25-21-16-19(13-14-20(21)23(27)28)24-15-7-10-17-8-3-1-4-9-17;1-18-14-15-21(24-16-8-11-19-9-4-2-5-10-19)17-22(18)25-23(26)20-12-6-3-7-13-20/h1-6,8-9,11-14,16,24H,7,10,15H2,(H,25,26)(H,27,28);2-7,9-10,12-15,17,24H,8,11,16H2,1H3,(H,25,26). The van der Waals surface area contributed by atoms with E-state index in [-0.39, 0.29) is 23.1 Å². The van der Waals surface area contributed by atoms with Crippen molar-refractivity contribution in [2.45, 2.75) is 32.6 Å². The molecule has 6 aromatic carbocycles. The molecule has 0 unspecified atom stereocenters. The second-order valence-corrected chi connectivity index (χ2v) is 12.8. The first-order valence-electron chi connectivity index (χ1n) is 18.1. The lowest BCUT2D eigenvalue weighted by Gasteiger charge is -2.12. The summed E-state index contributed by atoms with van der Waals surface area (Å²) in [5.41, 5.74) is 7.77. The van der Waals surface area contributed by atoms with E-state index in [4.69, 9.17) is 0 Å². The molecule has 0 heterocycles. The van der Waals surface area contributed by atoms with E-state index in [0.717, 1.165) is 61.4 Å². The third kappa shape index (κ3) is 12.2. The number of anilines is 4. The maximum Gasteiger partial charge on any atom is 0.337 e. The van der Waals surface area contributed by atoms with Gasteiger partial charge in [-0.2, -0.15) is 0 Å². The number of benzene rings is 6. The first-order valence-corrected chi connectivity index (χ1v) is 18.1. The van der Waals surface area contributed by atoms with Gasteiger partial charge in [0.2, 0.25) is 0 Å². The Kier molecular flexibility index (Phi) is 14.6. The molecule has 0 aliphatic heterocycles. The topological polar surface area (TPSA) is 120 Å². The van der Waals surface area contributed by atoms with Gasteiger partial charge in [0.1, 0.15) is 0 Å². The van der Waals surface area contributed by atoms with Crippen LogP contribution in [0.2, 0.25) is 0 Å². The molecule has 0 bridgehead atoms. The summed E-state index contributed by atoms with van der Waals surface area (Å²) in [5.74, 6) is -1.52. The molecule has 0 saturated carbocycles. The molecule has 0 aliphatic rings. The SMILES string of the molecule is Cc1ccc(NCCCc2ccccc2)cc1NC(=O)c1ccccc1.O=C(Nc1cc(NCCCc2ccccc2)ccc1C(=O)O)c1ccccc1. The normalized spacial score (nSPS) is 10.3. The Labute approximate surface area is 317 Å². The van der Waals surface area contributed by atoms with Crippen LogP contribution in [0.15, 0.2) is 158 Å². The van der Waals surface area contributed by atoms with Gasteiger partial charge in [-0.15, -0.1) is 0 Å². The molecule has 0 fully saturated rings. The van der Waals surface area contributed by atoms with Crippen molar-refractivity contribution in [3.63, 3.8) is 0 Å². The zero-order chi connectivity index (χ0) is 38.0. The summed E-state index contributed by atoms with van der Waals surface area (Å²) in [5, 5.41) is 21.9. The summed E-state index contributed by atoms with van der Waals surface area (Å²) in [6.45, 7) is 3.64. The summed E-state index contributed by atoms with van der Waals surface area (Å²) < 4.78 is 0. The van der Waals surface area contributed by atoms with E-state index in [1.54, 1.807) is 36.4 Å². The van der Waals surface area contributed by atoms with Crippen molar-refractivity contribution in [2.75, 3.05) is 34.4 Å². The van der Waals surface area contributed by atoms with Crippen molar-refractivity contribution in [2.24, 2.45) is 0 Å². The highest BCUT2D eigenvalue weighted by Gasteiger charge is 2.14. The van der Waals surface area contributed by atoms with E-state index < -0.39 is 5.97 Å². The third-order valence-corrected chi connectivity index (χ3v) is 8.68. The molecule has 5 N–H and O–H groups in total. The molecule has 2 amide bonds. The van der Waals surface area contributed by atoms with Gasteiger partial charge >= 0.3 is 5.97 Å². The van der Waals surface area contributed by atoms with E-state index in [2.05, 4.69) is 63.7 Å². The van der Waals surface area contributed by atoms with Crippen LogP contribution in [0.25, 0.3) is 0 Å². The fourth-order valence-electron chi connectivity index (χ4n) is 5.72. The number of carbonyl (C=O) groups excluding carboxylic acids is 2. The van der Waals surface area contributed by atoms with Crippen LogP contribution in [0.5, 0.6) is 0 Å². The zero-order valence-corrected chi connectivity index (χ0v) is 30.4. The lowest BCUT2D eigenvalue weighted by Crippen LogP contribution is -2.15. The summed E-state index contributed by atoms with van der Waals surface area (Å²) in [4.78, 5) is 36.3. The van der Waals surface area contributed by atoms with Crippen molar-refractivity contribution in [1.29, 1.82) is 0 Å². The van der Waals surface area contributed by atoms with Gasteiger partial charge < -0.3 is 26.4 Å². The highest BCUT2D eigenvalue weighted by Crippen LogP contribution is 2.23. The van der Waals surface area contributed by atoms with Crippen LogP contribution >= 0.6 is 0 Å². The fourth-order valence-corrected chi connectivity index (χ4v) is 5.72. The largest absolute Gasteiger partial charge is 0.478 e. The molecular formula is C46H46N4O4. The Morgan fingerprint density at radius 2 is 0.907 bits per heavy atom. The van der Waals surface area contributed by atoms with Gasteiger partial charge in [-0.1, -0.05) is 103 Å². The summed E-state index contributed by atoms with van der Waals surface area (Å²) in [6.07, 6.45) is 4.01. The van der Waals surface area contributed by atoms with Crippen molar-refractivity contribution in [1.82, 2.24) is 0 Å². The zero-order valence-electron chi connectivity index (χ0n) is 30.4. The Hall–Kier alpha value is -6.67. The number of carboxylic acids is 1. The number of aryl methyl sites for hydroxylation is 3. The fraction of sp³-hybridized carbons (Fsp3) is 0.152. The van der Waals surface area contributed by atoms with E-state index in [0.29, 0.717) is 11.1 Å². The predicted molar refractivity (Wildman–Crippen MR) is 220 cm³/mol. The molecule has 0 atom stereocenters. The van der Waals surface area contributed by atoms with Crippen molar-refractivity contribution in [3.8, 4) is 0 Å². The first kappa shape index (κ1) is 38.6. The molecule has 0 aromatic heterocycles. The first-order chi connectivity index (χ1) is 26.4. The minimum Gasteiger partial charge on any atom is -0.478 e. The maximum atomic E-state index is 12.4. The van der Waals surface area contributed by atoms with Gasteiger partial charge in [-0.25, -0.2) is 4.79 Å². The van der Waals surface area contributed by atoms with Crippen molar-refractivity contribution >= 4 is 40.5 Å². The Bertz CT molecular complexity index is 2090. The van der Waals surface area contributed by atoms with Crippen LogP contribution in [0.4, 0.5) is 22.7 Å². The van der Waals surface area contributed by atoms with Crippen LogP contribution in [-0.2, 0) is 12.8 Å². The highest BCUT2D eigenvalue weighted by atomic mass is 16.4. The Morgan fingerprint density at radius 3 is 1.37 bits per heavy atom. The van der Waals surface area contributed by atoms with Crippen molar-refractivity contribution in [3.05, 3.63) is 191 Å². The molecule has 0 aliphatic carbocycles. The monoisotopic (exact) mass is 718 g/mol. The van der Waals surface area contributed by atoms with E-state index in [9.17, 15) is 19.5 Å². The van der Waals surface area contributed by atoms with E-state index in [1.165, 1.54) is 17.2 Å². The quantitative estimate of drug-likeness (QED) is 0.0675. The van der Waals surface area contributed by atoms with Gasteiger partial charge in [0, 0.05) is 41.3 Å². The van der Waals surface area contributed by atoms with Gasteiger partial charge in [0.25, 0.3) is 11.8 Å². The van der Waals surface area contributed by atoms with Crippen LogP contribution in [-0.4, -0.2) is 36.0 Å². The molecule has 274 valence electrons. The lowest BCUT2D eigenvalue weighted by molar-refractivity contribution is 0.0697. The van der Waals surface area contributed by atoms with Crippen LogP contribution < -0.4 is 21.3 Å². The minimum atomic E-state index is -1.08. The highest BCUT2D eigenvalue weighted by molar-refractivity contribution is 6.08. The second-order valence-electron chi connectivity index (χ2n) is 12.8. The maximum absolute atomic E-state index is 12.4. The summed E-state index contributed by atoms with van der Waals surface area (Å²) in [7, 11) is 0. The molecule has 8 heteroatoms. The molecule has 0 radical (unpaired) electrons.